The van der Waals surface area contributed by atoms with E-state index in [2.05, 4.69) is 34.0 Å². The first-order chi connectivity index (χ1) is 8.74. The molecule has 0 aliphatic carbocycles. The molecule has 0 radical (unpaired) electrons. The first kappa shape index (κ1) is 13.5. The molecule has 0 unspecified atom stereocenters. The average molecular weight is 266 g/mol. The first-order valence-electron chi connectivity index (χ1n) is 6.59. The molecule has 18 heavy (non-hydrogen) atoms. The van der Waals surface area contributed by atoms with Gasteiger partial charge in [-0.3, -0.25) is 0 Å². The summed E-state index contributed by atoms with van der Waals surface area (Å²) in [6.07, 6.45) is 2.91. The zero-order chi connectivity index (χ0) is 13.0. The summed E-state index contributed by atoms with van der Waals surface area (Å²) in [6.45, 7) is 6.60. The lowest BCUT2D eigenvalue weighted by atomic mass is 10.0. The van der Waals surface area contributed by atoms with Crippen LogP contribution in [-0.4, -0.2) is 41.6 Å². The second kappa shape index (κ2) is 6.27. The van der Waals surface area contributed by atoms with E-state index in [-0.39, 0.29) is 0 Å². The molecule has 2 rings (SSSR count). The molecule has 1 aromatic heterocycles. The van der Waals surface area contributed by atoms with Crippen molar-refractivity contribution >= 4 is 23.4 Å². The van der Waals surface area contributed by atoms with E-state index in [1.807, 2.05) is 18.8 Å². The van der Waals surface area contributed by atoms with Crippen LogP contribution in [0.2, 0.25) is 0 Å². The second-order valence-corrected chi connectivity index (χ2v) is 6.04. The van der Waals surface area contributed by atoms with E-state index < -0.39 is 0 Å². The van der Waals surface area contributed by atoms with Gasteiger partial charge in [0.25, 0.3) is 0 Å². The number of hydrogen-bond acceptors (Lipinski definition) is 5. The molecule has 0 amide bonds. The van der Waals surface area contributed by atoms with Gasteiger partial charge < -0.3 is 10.2 Å². The van der Waals surface area contributed by atoms with Crippen molar-refractivity contribution in [2.24, 2.45) is 0 Å². The molecule has 1 aliphatic rings. The van der Waals surface area contributed by atoms with Crippen LogP contribution < -0.4 is 10.2 Å². The predicted molar refractivity (Wildman–Crippen MR) is 79.8 cm³/mol. The molecular formula is C13H22N4S. The van der Waals surface area contributed by atoms with Gasteiger partial charge in [0.15, 0.2) is 0 Å². The summed E-state index contributed by atoms with van der Waals surface area (Å²) in [5.41, 5.74) is 1.24. The molecule has 0 aromatic carbocycles. The van der Waals surface area contributed by atoms with Crippen molar-refractivity contribution in [2.75, 3.05) is 41.9 Å². The number of thioether (sulfide) groups is 1. The van der Waals surface area contributed by atoms with E-state index >= 15 is 0 Å². The Balaban J connectivity index is 2.35. The number of rotatable bonds is 3. The summed E-state index contributed by atoms with van der Waals surface area (Å²) in [4.78, 5) is 11.3. The Morgan fingerprint density at radius 1 is 1.28 bits per heavy atom. The largest absolute Gasteiger partial charge is 0.373 e. The molecule has 1 aliphatic heterocycles. The van der Waals surface area contributed by atoms with Crippen LogP contribution in [0.25, 0.3) is 0 Å². The van der Waals surface area contributed by atoms with Crippen LogP contribution in [0, 0.1) is 0 Å². The Labute approximate surface area is 114 Å². The lowest BCUT2D eigenvalue weighted by molar-refractivity contribution is 0.767. The van der Waals surface area contributed by atoms with Crippen molar-refractivity contribution in [1.82, 2.24) is 9.97 Å². The van der Waals surface area contributed by atoms with Crippen LogP contribution in [0.1, 0.15) is 31.7 Å². The smallest absolute Gasteiger partial charge is 0.137 e. The first-order valence-corrected chi connectivity index (χ1v) is 7.75. The van der Waals surface area contributed by atoms with Gasteiger partial charge in [0.1, 0.15) is 18.0 Å². The minimum atomic E-state index is 0.430. The Morgan fingerprint density at radius 2 is 2.11 bits per heavy atom. The molecule has 0 atom stereocenters. The summed E-state index contributed by atoms with van der Waals surface area (Å²) in [6, 6.07) is 0. The SMILES string of the molecule is CNc1ncnc(N2CCCSCC2)c1C(C)C. The van der Waals surface area contributed by atoms with Gasteiger partial charge in [-0.05, 0) is 18.1 Å². The highest BCUT2D eigenvalue weighted by molar-refractivity contribution is 7.99. The van der Waals surface area contributed by atoms with Crippen molar-refractivity contribution in [3.63, 3.8) is 0 Å². The van der Waals surface area contributed by atoms with Gasteiger partial charge in [0.05, 0.1) is 0 Å². The van der Waals surface area contributed by atoms with Crippen LogP contribution in [0.4, 0.5) is 11.6 Å². The minimum Gasteiger partial charge on any atom is -0.373 e. The van der Waals surface area contributed by atoms with Crippen molar-refractivity contribution in [1.29, 1.82) is 0 Å². The maximum atomic E-state index is 4.54. The summed E-state index contributed by atoms with van der Waals surface area (Å²) >= 11 is 2.04. The van der Waals surface area contributed by atoms with Gasteiger partial charge in [0.2, 0.25) is 0 Å². The predicted octanol–water partition coefficient (Wildman–Crippen LogP) is 2.59. The van der Waals surface area contributed by atoms with Gasteiger partial charge in [-0.2, -0.15) is 11.8 Å². The fourth-order valence-electron chi connectivity index (χ4n) is 2.33. The summed E-state index contributed by atoms with van der Waals surface area (Å²) < 4.78 is 0. The molecule has 1 fully saturated rings. The van der Waals surface area contributed by atoms with Gasteiger partial charge in [-0.25, -0.2) is 9.97 Å². The highest BCUT2D eigenvalue weighted by Gasteiger charge is 2.20. The number of nitrogens with one attached hydrogen (secondary N) is 1. The number of hydrogen-bond donors (Lipinski definition) is 1. The van der Waals surface area contributed by atoms with Crippen molar-refractivity contribution in [2.45, 2.75) is 26.2 Å². The minimum absolute atomic E-state index is 0.430. The van der Waals surface area contributed by atoms with Crippen LogP contribution in [0.15, 0.2) is 6.33 Å². The molecule has 1 saturated heterocycles. The molecule has 100 valence electrons. The topological polar surface area (TPSA) is 41.1 Å². The molecule has 5 heteroatoms. The normalized spacial score (nSPS) is 16.8. The molecule has 4 nitrogen and oxygen atoms in total. The molecule has 1 aromatic rings. The van der Waals surface area contributed by atoms with Crippen LogP contribution in [-0.2, 0) is 0 Å². The van der Waals surface area contributed by atoms with E-state index in [1.54, 1.807) is 6.33 Å². The average Bonchev–Trinajstić information content (AvgIpc) is 2.66. The van der Waals surface area contributed by atoms with E-state index in [9.17, 15) is 0 Å². The number of nitrogens with zero attached hydrogens (tertiary/aromatic N) is 3. The van der Waals surface area contributed by atoms with Gasteiger partial charge in [-0.15, -0.1) is 0 Å². The highest BCUT2D eigenvalue weighted by atomic mass is 32.2. The third-order valence-corrected chi connectivity index (χ3v) is 4.25. The van der Waals surface area contributed by atoms with Crippen molar-refractivity contribution in [3.05, 3.63) is 11.9 Å². The maximum absolute atomic E-state index is 4.54. The monoisotopic (exact) mass is 266 g/mol. The lowest BCUT2D eigenvalue weighted by Crippen LogP contribution is -2.28. The number of anilines is 2. The number of aromatic nitrogens is 2. The van der Waals surface area contributed by atoms with E-state index in [0.29, 0.717) is 5.92 Å². The van der Waals surface area contributed by atoms with Crippen molar-refractivity contribution in [3.8, 4) is 0 Å². The van der Waals surface area contributed by atoms with Gasteiger partial charge in [0, 0.05) is 31.5 Å². The van der Waals surface area contributed by atoms with E-state index in [0.717, 1.165) is 24.7 Å². The Hall–Kier alpha value is -0.970. The fourth-order valence-corrected chi connectivity index (χ4v) is 3.21. The molecule has 0 spiro atoms. The van der Waals surface area contributed by atoms with Crippen LogP contribution >= 0.6 is 11.8 Å². The Kier molecular flexibility index (Phi) is 4.69. The lowest BCUT2D eigenvalue weighted by Gasteiger charge is -2.26. The maximum Gasteiger partial charge on any atom is 0.137 e. The standard InChI is InChI=1S/C13H22N4S/c1-10(2)11-12(14-3)15-9-16-13(11)17-5-4-7-18-8-6-17/h9-10H,4-8H2,1-3H3,(H,14,15,16). The third kappa shape index (κ3) is 2.88. The van der Waals surface area contributed by atoms with Crippen LogP contribution in [0.5, 0.6) is 0 Å². The molecule has 0 bridgehead atoms. The second-order valence-electron chi connectivity index (χ2n) is 4.82. The summed E-state index contributed by atoms with van der Waals surface area (Å²) in [7, 11) is 1.93. The third-order valence-electron chi connectivity index (χ3n) is 3.20. The molecule has 0 saturated carbocycles. The summed E-state index contributed by atoms with van der Waals surface area (Å²) in [5, 5.41) is 3.19. The van der Waals surface area contributed by atoms with Gasteiger partial charge >= 0.3 is 0 Å². The molecular weight excluding hydrogens is 244 g/mol. The highest BCUT2D eigenvalue weighted by Crippen LogP contribution is 2.31. The fraction of sp³-hybridized carbons (Fsp3) is 0.692. The molecule has 2 heterocycles. The quantitative estimate of drug-likeness (QED) is 0.910. The van der Waals surface area contributed by atoms with Gasteiger partial charge in [-0.1, -0.05) is 13.8 Å². The zero-order valence-electron chi connectivity index (χ0n) is 11.4. The molecule has 1 N–H and O–H groups in total. The Bertz CT molecular complexity index is 387. The Morgan fingerprint density at radius 3 is 2.83 bits per heavy atom. The van der Waals surface area contributed by atoms with Crippen molar-refractivity contribution < 1.29 is 0 Å². The van der Waals surface area contributed by atoms with E-state index in [1.165, 1.54) is 23.5 Å². The summed E-state index contributed by atoms with van der Waals surface area (Å²) in [5.74, 6) is 4.96. The van der Waals surface area contributed by atoms with Crippen LogP contribution in [0.3, 0.4) is 0 Å². The zero-order valence-corrected chi connectivity index (χ0v) is 12.3. The van der Waals surface area contributed by atoms with E-state index in [4.69, 9.17) is 0 Å².